The van der Waals surface area contributed by atoms with Crippen LogP contribution in [-0.4, -0.2) is 64.8 Å². The number of hydrogen-bond acceptors (Lipinski definition) is 5. The highest BCUT2D eigenvalue weighted by Crippen LogP contribution is 2.13. The number of carbonyl (C=O) groups excluding carboxylic acids is 2. The highest BCUT2D eigenvalue weighted by molar-refractivity contribution is 5.92. The maximum Gasteiger partial charge on any atom is 0.272 e. The molecule has 0 N–H and O–H groups in total. The monoisotopic (exact) mass is 353 g/mol. The largest absolute Gasteiger partial charge is 0.340 e. The molecule has 0 radical (unpaired) electrons. The molecule has 0 unspecified atom stereocenters. The van der Waals surface area contributed by atoms with Crippen LogP contribution in [0.4, 0.5) is 5.95 Å². The van der Waals surface area contributed by atoms with Crippen LogP contribution in [0.3, 0.4) is 0 Å². The maximum absolute atomic E-state index is 12.7. The average molecular weight is 353 g/mol. The van der Waals surface area contributed by atoms with Gasteiger partial charge in [-0.15, -0.1) is 0 Å². The molecule has 0 bridgehead atoms. The summed E-state index contributed by atoms with van der Waals surface area (Å²) in [5, 5.41) is 0. The summed E-state index contributed by atoms with van der Waals surface area (Å²) in [6.45, 7) is 4.39. The molecule has 1 fully saturated rings. The Morgan fingerprint density at radius 2 is 1.69 bits per heavy atom. The van der Waals surface area contributed by atoms with Gasteiger partial charge in [-0.1, -0.05) is 30.3 Å². The SMILES string of the molecule is CC(=O)N1CCN(C(=O)c2ccnc(N(C)Cc3ccccc3)n2)CC1. The third-order valence-electron chi connectivity index (χ3n) is 4.48. The van der Waals surface area contributed by atoms with Gasteiger partial charge in [-0.2, -0.15) is 0 Å². The third kappa shape index (κ3) is 4.17. The summed E-state index contributed by atoms with van der Waals surface area (Å²) in [6, 6.07) is 11.7. The molecule has 1 aromatic heterocycles. The van der Waals surface area contributed by atoms with Gasteiger partial charge in [0.05, 0.1) is 0 Å². The van der Waals surface area contributed by atoms with E-state index in [0.29, 0.717) is 44.4 Å². The number of hydrogen-bond donors (Lipinski definition) is 0. The fourth-order valence-electron chi connectivity index (χ4n) is 2.97. The minimum absolute atomic E-state index is 0.0453. The van der Waals surface area contributed by atoms with E-state index in [0.717, 1.165) is 5.56 Å². The van der Waals surface area contributed by atoms with Gasteiger partial charge in [0.25, 0.3) is 5.91 Å². The van der Waals surface area contributed by atoms with Crippen molar-refractivity contribution < 1.29 is 9.59 Å². The Kier molecular flexibility index (Phi) is 5.46. The molecule has 2 amide bonds. The third-order valence-corrected chi connectivity index (χ3v) is 4.48. The van der Waals surface area contributed by atoms with Crippen molar-refractivity contribution in [2.45, 2.75) is 13.5 Å². The Bertz CT molecular complexity index is 773. The van der Waals surface area contributed by atoms with E-state index >= 15 is 0 Å². The molecule has 1 aliphatic heterocycles. The van der Waals surface area contributed by atoms with Crippen LogP contribution < -0.4 is 4.90 Å². The Labute approximate surface area is 153 Å². The van der Waals surface area contributed by atoms with Crippen LogP contribution in [0.25, 0.3) is 0 Å². The number of benzene rings is 1. The van der Waals surface area contributed by atoms with Gasteiger partial charge in [0.2, 0.25) is 11.9 Å². The zero-order chi connectivity index (χ0) is 18.5. The lowest BCUT2D eigenvalue weighted by Crippen LogP contribution is -2.50. The molecule has 1 aliphatic rings. The number of piperazine rings is 1. The van der Waals surface area contributed by atoms with Crippen molar-refractivity contribution in [3.63, 3.8) is 0 Å². The molecule has 0 saturated carbocycles. The lowest BCUT2D eigenvalue weighted by molar-refractivity contribution is -0.130. The molecule has 0 atom stereocenters. The molecule has 26 heavy (non-hydrogen) atoms. The van der Waals surface area contributed by atoms with Gasteiger partial charge in [-0.25, -0.2) is 9.97 Å². The summed E-state index contributed by atoms with van der Waals surface area (Å²) in [7, 11) is 1.90. The number of nitrogens with zero attached hydrogens (tertiary/aromatic N) is 5. The molecule has 7 nitrogen and oxygen atoms in total. The first-order chi connectivity index (χ1) is 12.5. The van der Waals surface area contributed by atoms with Crippen LogP contribution in [0.15, 0.2) is 42.6 Å². The predicted molar refractivity (Wildman–Crippen MR) is 98.7 cm³/mol. The number of rotatable bonds is 4. The summed E-state index contributed by atoms with van der Waals surface area (Å²) in [4.78, 5) is 38.3. The van der Waals surface area contributed by atoms with Crippen LogP contribution in [0.1, 0.15) is 23.0 Å². The van der Waals surface area contributed by atoms with E-state index in [2.05, 4.69) is 9.97 Å². The smallest absolute Gasteiger partial charge is 0.272 e. The lowest BCUT2D eigenvalue weighted by atomic mass is 10.2. The first kappa shape index (κ1) is 17.8. The second kappa shape index (κ2) is 7.95. The van der Waals surface area contributed by atoms with Crippen molar-refractivity contribution in [3.05, 3.63) is 53.9 Å². The predicted octanol–water partition coefficient (Wildman–Crippen LogP) is 1.42. The highest BCUT2D eigenvalue weighted by atomic mass is 16.2. The molecule has 1 aromatic carbocycles. The van der Waals surface area contributed by atoms with E-state index in [9.17, 15) is 9.59 Å². The normalized spacial score (nSPS) is 14.2. The fourth-order valence-corrected chi connectivity index (χ4v) is 2.97. The number of aromatic nitrogens is 2. The second-order valence-electron chi connectivity index (χ2n) is 6.38. The van der Waals surface area contributed by atoms with Crippen LogP contribution in [0.5, 0.6) is 0 Å². The van der Waals surface area contributed by atoms with Crippen molar-refractivity contribution in [1.82, 2.24) is 19.8 Å². The summed E-state index contributed by atoms with van der Waals surface area (Å²) >= 11 is 0. The molecule has 3 rings (SSSR count). The zero-order valence-corrected chi connectivity index (χ0v) is 15.1. The van der Waals surface area contributed by atoms with E-state index in [1.54, 1.807) is 29.0 Å². The van der Waals surface area contributed by atoms with Gasteiger partial charge >= 0.3 is 0 Å². The lowest BCUT2D eigenvalue weighted by Gasteiger charge is -2.34. The molecule has 2 aromatic rings. The zero-order valence-electron chi connectivity index (χ0n) is 15.1. The molecule has 0 aliphatic carbocycles. The molecule has 7 heteroatoms. The van der Waals surface area contributed by atoms with Gasteiger partial charge in [0.15, 0.2) is 0 Å². The summed E-state index contributed by atoms with van der Waals surface area (Å²) < 4.78 is 0. The Hall–Kier alpha value is -2.96. The number of anilines is 1. The Balaban J connectivity index is 1.67. The van der Waals surface area contributed by atoms with E-state index in [-0.39, 0.29) is 11.8 Å². The topological polar surface area (TPSA) is 69.6 Å². The van der Waals surface area contributed by atoms with Crippen LogP contribution >= 0.6 is 0 Å². The maximum atomic E-state index is 12.7. The van der Waals surface area contributed by atoms with Gasteiger partial charge in [-0.3, -0.25) is 9.59 Å². The summed E-state index contributed by atoms with van der Waals surface area (Å²) in [5.74, 6) is 0.441. The molecule has 2 heterocycles. The average Bonchev–Trinajstić information content (AvgIpc) is 2.68. The molecule has 0 spiro atoms. The van der Waals surface area contributed by atoms with Crippen LogP contribution in [0, 0.1) is 0 Å². The highest BCUT2D eigenvalue weighted by Gasteiger charge is 2.24. The first-order valence-electron chi connectivity index (χ1n) is 8.67. The van der Waals surface area contributed by atoms with Crippen molar-refractivity contribution >= 4 is 17.8 Å². The number of amides is 2. The van der Waals surface area contributed by atoms with Crippen molar-refractivity contribution in [3.8, 4) is 0 Å². The van der Waals surface area contributed by atoms with E-state index in [1.165, 1.54) is 0 Å². The van der Waals surface area contributed by atoms with Crippen LogP contribution in [0.2, 0.25) is 0 Å². The molecule has 1 saturated heterocycles. The molecular weight excluding hydrogens is 330 g/mol. The van der Waals surface area contributed by atoms with Gasteiger partial charge in [-0.05, 0) is 11.6 Å². The Morgan fingerprint density at radius 1 is 1.04 bits per heavy atom. The van der Waals surface area contributed by atoms with E-state index in [1.807, 2.05) is 42.3 Å². The van der Waals surface area contributed by atoms with Crippen molar-refractivity contribution in [1.29, 1.82) is 0 Å². The standard InChI is InChI=1S/C19H23N5O2/c1-15(25)23-10-12-24(13-11-23)18(26)17-8-9-20-19(21-17)22(2)14-16-6-4-3-5-7-16/h3-9H,10-14H2,1-2H3. The first-order valence-corrected chi connectivity index (χ1v) is 8.67. The molecular formula is C19H23N5O2. The van der Waals surface area contributed by atoms with Gasteiger partial charge < -0.3 is 14.7 Å². The van der Waals surface area contributed by atoms with Gasteiger partial charge in [0, 0.05) is 52.9 Å². The van der Waals surface area contributed by atoms with E-state index < -0.39 is 0 Å². The molecule has 136 valence electrons. The second-order valence-corrected chi connectivity index (χ2v) is 6.38. The van der Waals surface area contributed by atoms with Crippen molar-refractivity contribution in [2.75, 3.05) is 38.1 Å². The number of carbonyl (C=O) groups is 2. The van der Waals surface area contributed by atoms with Crippen LogP contribution in [-0.2, 0) is 11.3 Å². The summed E-state index contributed by atoms with van der Waals surface area (Å²) in [6.07, 6.45) is 1.61. The Morgan fingerprint density at radius 3 is 2.35 bits per heavy atom. The minimum atomic E-state index is -0.120. The van der Waals surface area contributed by atoms with Gasteiger partial charge in [0.1, 0.15) is 5.69 Å². The minimum Gasteiger partial charge on any atom is -0.340 e. The quantitative estimate of drug-likeness (QED) is 0.831. The fraction of sp³-hybridized carbons (Fsp3) is 0.368. The summed E-state index contributed by atoms with van der Waals surface area (Å²) in [5.41, 5.74) is 1.53. The van der Waals surface area contributed by atoms with E-state index in [4.69, 9.17) is 0 Å². The van der Waals surface area contributed by atoms with Crippen molar-refractivity contribution in [2.24, 2.45) is 0 Å².